The first kappa shape index (κ1) is 25.4. The third kappa shape index (κ3) is 5.24. The van der Waals surface area contributed by atoms with Gasteiger partial charge in [-0.3, -0.25) is 9.52 Å². The van der Waals surface area contributed by atoms with E-state index in [0.29, 0.717) is 35.3 Å². The van der Waals surface area contributed by atoms with Gasteiger partial charge in [0.25, 0.3) is 5.91 Å². The van der Waals surface area contributed by atoms with Crippen LogP contribution in [0.3, 0.4) is 0 Å². The minimum Gasteiger partial charge on any atom is -0.395 e. The first-order chi connectivity index (χ1) is 17.1. The van der Waals surface area contributed by atoms with E-state index in [2.05, 4.69) is 19.9 Å². The summed E-state index contributed by atoms with van der Waals surface area (Å²) in [6.45, 7) is 1.09. The van der Waals surface area contributed by atoms with Crippen LogP contribution in [0.5, 0.6) is 0 Å². The summed E-state index contributed by atoms with van der Waals surface area (Å²) in [6, 6.07) is 4.86. The predicted octanol–water partition coefficient (Wildman–Crippen LogP) is 2.84. The Hall–Kier alpha value is -2.22. The van der Waals surface area contributed by atoms with Crippen LogP contribution in [-0.2, 0) is 19.9 Å². The van der Waals surface area contributed by atoms with Crippen LogP contribution >= 0.6 is 11.3 Å². The van der Waals surface area contributed by atoms with E-state index < -0.39 is 43.4 Å². The molecule has 2 aromatic rings. The van der Waals surface area contributed by atoms with E-state index in [1.54, 1.807) is 18.2 Å². The number of aliphatic hydroxyl groups excluding tert-OH is 1. The van der Waals surface area contributed by atoms with Gasteiger partial charge in [-0.05, 0) is 62.1 Å². The lowest BCUT2D eigenvalue weighted by atomic mass is 9.93. The molecule has 10 nitrogen and oxygen atoms in total. The number of carbonyl (C=O) groups is 1. The molecule has 2 saturated carbocycles. The van der Waals surface area contributed by atoms with Gasteiger partial charge in [0.2, 0.25) is 24.2 Å². The molecule has 2 aliphatic carbocycles. The predicted molar refractivity (Wildman–Crippen MR) is 139 cm³/mol. The average Bonchev–Trinajstić information content (AvgIpc) is 3.32. The molecule has 3 N–H and O–H groups in total. The molecule has 1 aromatic carbocycles. The van der Waals surface area contributed by atoms with Crippen molar-refractivity contribution in [3.8, 4) is 0 Å². The van der Waals surface area contributed by atoms with Crippen molar-refractivity contribution >= 4 is 54.2 Å². The molecule has 1 aliphatic heterocycles. The Labute approximate surface area is 215 Å². The number of anilines is 3. The number of sulfone groups is 1. The summed E-state index contributed by atoms with van der Waals surface area (Å²) in [5, 5.41) is 12.9. The molecule has 0 bridgehead atoms. The molecule has 1 amide bonds. The summed E-state index contributed by atoms with van der Waals surface area (Å²) < 4.78 is 52.1. The SMILES string of the molecule is O=C(Nc1ccc(NS(=O)(=O)CCO)cc1N1CCC2(CC1)CC2)c1csc(S(=O)(=O)C2CCC2)n1. The quantitative estimate of drug-likeness (QED) is 0.429. The number of aliphatic hydroxyl groups is 1. The molecule has 1 aromatic heterocycles. The zero-order valence-corrected chi connectivity index (χ0v) is 22.2. The van der Waals surface area contributed by atoms with Crippen molar-refractivity contribution in [3.05, 3.63) is 29.3 Å². The highest BCUT2D eigenvalue weighted by molar-refractivity contribution is 7.94. The minimum atomic E-state index is -3.71. The fourth-order valence-electron chi connectivity index (χ4n) is 4.71. The van der Waals surface area contributed by atoms with Gasteiger partial charge >= 0.3 is 0 Å². The van der Waals surface area contributed by atoms with E-state index in [0.717, 1.165) is 43.7 Å². The first-order valence-corrected chi connectivity index (χ1v) is 16.2. The fraction of sp³-hybridized carbons (Fsp3) is 0.565. The number of nitrogens with one attached hydrogen (secondary N) is 2. The molecule has 13 heteroatoms. The van der Waals surface area contributed by atoms with E-state index in [1.807, 2.05) is 0 Å². The summed E-state index contributed by atoms with van der Waals surface area (Å²) >= 11 is 0.958. The van der Waals surface area contributed by atoms with Crippen LogP contribution in [0.4, 0.5) is 17.1 Å². The van der Waals surface area contributed by atoms with Gasteiger partial charge in [0.05, 0.1) is 34.7 Å². The number of benzene rings is 1. The number of sulfonamides is 1. The van der Waals surface area contributed by atoms with Crippen molar-refractivity contribution in [2.24, 2.45) is 5.41 Å². The zero-order chi connectivity index (χ0) is 25.6. The Kier molecular flexibility index (Phi) is 6.77. The van der Waals surface area contributed by atoms with Crippen molar-refractivity contribution in [1.29, 1.82) is 0 Å². The molecule has 1 spiro atoms. The average molecular weight is 555 g/mol. The number of piperidine rings is 1. The molecule has 36 heavy (non-hydrogen) atoms. The number of carbonyl (C=O) groups excluding carboxylic acids is 1. The standard InChI is InChI=1S/C23H30N4O6S3/c28-12-13-35(30,31)26-16-4-5-18(20(14-16)27-10-8-23(6-7-23)9-11-27)24-21(29)19-15-34-22(25-19)36(32,33)17-2-1-3-17/h4-5,14-15,17,26,28H,1-3,6-13H2,(H,24,29). The Morgan fingerprint density at radius 2 is 1.86 bits per heavy atom. The van der Waals surface area contributed by atoms with Crippen molar-refractivity contribution in [1.82, 2.24) is 4.98 Å². The molecular formula is C23H30N4O6S3. The van der Waals surface area contributed by atoms with Crippen LogP contribution in [0.1, 0.15) is 55.4 Å². The highest BCUT2D eigenvalue weighted by atomic mass is 32.2. The normalized spacial score (nSPS) is 19.6. The van der Waals surface area contributed by atoms with Crippen LogP contribution in [-0.4, -0.2) is 63.5 Å². The molecule has 0 radical (unpaired) electrons. The Morgan fingerprint density at radius 1 is 1.14 bits per heavy atom. The maximum Gasteiger partial charge on any atom is 0.275 e. The van der Waals surface area contributed by atoms with Crippen molar-refractivity contribution in [2.45, 2.75) is 54.5 Å². The molecule has 1 saturated heterocycles. The molecule has 3 fully saturated rings. The number of aromatic nitrogens is 1. The third-order valence-corrected chi connectivity index (χ3v) is 12.3. The zero-order valence-electron chi connectivity index (χ0n) is 19.8. The van der Waals surface area contributed by atoms with Gasteiger partial charge in [0.15, 0.2) is 0 Å². The molecular weight excluding hydrogens is 524 g/mol. The Morgan fingerprint density at radius 3 is 2.47 bits per heavy atom. The molecule has 5 rings (SSSR count). The van der Waals surface area contributed by atoms with Crippen LogP contribution < -0.4 is 14.9 Å². The second kappa shape index (κ2) is 9.58. The van der Waals surface area contributed by atoms with Gasteiger partial charge in [0, 0.05) is 18.5 Å². The second-order valence-electron chi connectivity index (χ2n) is 9.91. The van der Waals surface area contributed by atoms with Gasteiger partial charge in [-0.25, -0.2) is 21.8 Å². The van der Waals surface area contributed by atoms with Gasteiger partial charge in [0.1, 0.15) is 5.69 Å². The lowest BCUT2D eigenvalue weighted by molar-refractivity contribution is 0.102. The van der Waals surface area contributed by atoms with Gasteiger partial charge in [-0.2, -0.15) is 0 Å². The molecule has 196 valence electrons. The number of thiazole rings is 1. The Bertz CT molecular complexity index is 1350. The number of nitrogens with zero attached hydrogens (tertiary/aromatic N) is 2. The summed E-state index contributed by atoms with van der Waals surface area (Å²) in [6.07, 6.45) is 6.68. The van der Waals surface area contributed by atoms with Crippen LogP contribution in [0.2, 0.25) is 0 Å². The lowest BCUT2D eigenvalue weighted by Crippen LogP contribution is -2.35. The van der Waals surface area contributed by atoms with Crippen molar-refractivity contribution in [2.75, 3.05) is 40.4 Å². The third-order valence-electron chi connectivity index (χ3n) is 7.45. The molecule has 0 unspecified atom stereocenters. The fourth-order valence-corrected chi connectivity index (χ4v) is 8.62. The molecule has 2 heterocycles. The maximum absolute atomic E-state index is 13.0. The van der Waals surface area contributed by atoms with E-state index in [4.69, 9.17) is 5.11 Å². The monoisotopic (exact) mass is 554 g/mol. The van der Waals surface area contributed by atoms with Crippen molar-refractivity contribution in [3.63, 3.8) is 0 Å². The van der Waals surface area contributed by atoms with E-state index in [-0.39, 0.29) is 10.0 Å². The summed E-state index contributed by atoms with van der Waals surface area (Å²) in [4.78, 5) is 19.3. The second-order valence-corrected chi connectivity index (χ2v) is 15.0. The van der Waals surface area contributed by atoms with Gasteiger partial charge in [-0.15, -0.1) is 11.3 Å². The van der Waals surface area contributed by atoms with Crippen LogP contribution in [0.25, 0.3) is 0 Å². The van der Waals surface area contributed by atoms with E-state index in [1.165, 1.54) is 18.2 Å². The topological polar surface area (TPSA) is 146 Å². The van der Waals surface area contributed by atoms with Crippen LogP contribution in [0.15, 0.2) is 27.9 Å². The van der Waals surface area contributed by atoms with E-state index >= 15 is 0 Å². The van der Waals surface area contributed by atoms with Crippen LogP contribution in [0, 0.1) is 5.41 Å². The number of amides is 1. The summed E-state index contributed by atoms with van der Waals surface area (Å²) in [5.41, 5.74) is 1.98. The highest BCUT2D eigenvalue weighted by Crippen LogP contribution is 2.54. The highest BCUT2D eigenvalue weighted by Gasteiger charge is 2.44. The summed E-state index contributed by atoms with van der Waals surface area (Å²) in [5.74, 6) is -0.935. The van der Waals surface area contributed by atoms with E-state index in [9.17, 15) is 21.6 Å². The van der Waals surface area contributed by atoms with Crippen molar-refractivity contribution < 1.29 is 26.7 Å². The maximum atomic E-state index is 13.0. The largest absolute Gasteiger partial charge is 0.395 e. The van der Waals surface area contributed by atoms with Gasteiger partial charge in [-0.1, -0.05) is 6.42 Å². The first-order valence-electron chi connectivity index (χ1n) is 12.1. The van der Waals surface area contributed by atoms with Gasteiger partial charge < -0.3 is 15.3 Å². The lowest BCUT2D eigenvalue weighted by Gasteiger charge is -2.35. The molecule has 0 atom stereocenters. The number of hydrogen-bond donors (Lipinski definition) is 3. The molecule has 3 aliphatic rings. The number of hydrogen-bond acceptors (Lipinski definition) is 9. The number of rotatable bonds is 9. The minimum absolute atomic E-state index is 0.0306. The smallest absolute Gasteiger partial charge is 0.275 e. The summed E-state index contributed by atoms with van der Waals surface area (Å²) in [7, 11) is -7.22. The Balaban J connectivity index is 1.38.